The van der Waals surface area contributed by atoms with Gasteiger partial charge in [-0.1, -0.05) is 12.5 Å². The Labute approximate surface area is 143 Å². The third-order valence-corrected chi connectivity index (χ3v) is 4.61. The third kappa shape index (κ3) is 2.92. The van der Waals surface area contributed by atoms with Gasteiger partial charge in [0.15, 0.2) is 23.1 Å². The van der Waals surface area contributed by atoms with Crippen molar-refractivity contribution >= 4 is 11.6 Å². The summed E-state index contributed by atoms with van der Waals surface area (Å²) < 4.78 is 39.0. The number of fused-ring (bicyclic) bond motifs is 1. The normalized spacial score (nSPS) is 17.5. The second kappa shape index (κ2) is 6.02. The van der Waals surface area contributed by atoms with Gasteiger partial charge in [-0.25, -0.2) is 8.78 Å². The minimum absolute atomic E-state index is 0.346. The molecular formula is C19H17F2NO3. The summed E-state index contributed by atoms with van der Waals surface area (Å²) in [5, 5.41) is 2.57. The van der Waals surface area contributed by atoms with Crippen molar-refractivity contribution < 1.29 is 23.0 Å². The van der Waals surface area contributed by atoms with E-state index in [1.165, 1.54) is 18.6 Å². The Kier molecular flexibility index (Phi) is 3.82. The van der Waals surface area contributed by atoms with Gasteiger partial charge < -0.3 is 14.8 Å². The first-order valence-corrected chi connectivity index (χ1v) is 8.34. The lowest BCUT2D eigenvalue weighted by Crippen LogP contribution is -2.40. The van der Waals surface area contributed by atoms with E-state index < -0.39 is 23.3 Å². The molecule has 1 spiro atoms. The fourth-order valence-electron chi connectivity index (χ4n) is 3.34. The van der Waals surface area contributed by atoms with Gasteiger partial charge in [0, 0.05) is 24.6 Å². The van der Waals surface area contributed by atoms with Crippen LogP contribution < -0.4 is 14.8 Å². The van der Waals surface area contributed by atoms with E-state index in [0.29, 0.717) is 17.2 Å². The molecular weight excluding hydrogens is 328 g/mol. The molecule has 2 aromatic rings. The summed E-state index contributed by atoms with van der Waals surface area (Å²) in [6, 6.07) is 8.51. The van der Waals surface area contributed by atoms with E-state index >= 15 is 0 Å². The fraction of sp³-hybridized carbons (Fsp3) is 0.316. The number of anilines is 1. The molecule has 0 atom stereocenters. The lowest BCUT2D eigenvalue weighted by Gasteiger charge is -2.31. The molecule has 1 aliphatic carbocycles. The van der Waals surface area contributed by atoms with Crippen LogP contribution in [0.3, 0.4) is 0 Å². The lowest BCUT2D eigenvalue weighted by molar-refractivity contribution is -0.105. The number of ether oxygens (including phenoxy) is 2. The topological polar surface area (TPSA) is 47.6 Å². The first-order chi connectivity index (χ1) is 12.1. The summed E-state index contributed by atoms with van der Waals surface area (Å²) in [7, 11) is 0. The van der Waals surface area contributed by atoms with E-state index in [1.807, 2.05) is 0 Å². The van der Waals surface area contributed by atoms with Crippen LogP contribution in [-0.4, -0.2) is 11.7 Å². The second-order valence-corrected chi connectivity index (χ2v) is 6.39. The van der Waals surface area contributed by atoms with Crippen LogP contribution in [0.25, 0.3) is 0 Å². The molecule has 0 unspecified atom stereocenters. The summed E-state index contributed by atoms with van der Waals surface area (Å²) >= 11 is 0. The number of hydrogen-bond acceptors (Lipinski definition) is 3. The van der Waals surface area contributed by atoms with Crippen molar-refractivity contribution in [3.8, 4) is 11.5 Å². The van der Waals surface area contributed by atoms with Crippen LogP contribution in [0.15, 0.2) is 36.4 Å². The van der Waals surface area contributed by atoms with Crippen LogP contribution in [-0.2, 0) is 0 Å². The number of rotatable bonds is 2. The Morgan fingerprint density at radius 1 is 1.00 bits per heavy atom. The van der Waals surface area contributed by atoms with Gasteiger partial charge in [-0.2, -0.15) is 0 Å². The van der Waals surface area contributed by atoms with E-state index in [4.69, 9.17) is 9.47 Å². The van der Waals surface area contributed by atoms with E-state index in [-0.39, 0.29) is 5.56 Å². The molecule has 25 heavy (non-hydrogen) atoms. The van der Waals surface area contributed by atoms with Gasteiger partial charge in [-0.15, -0.1) is 0 Å². The van der Waals surface area contributed by atoms with Crippen LogP contribution in [0, 0.1) is 11.6 Å². The molecule has 130 valence electrons. The molecule has 1 heterocycles. The minimum atomic E-state index is -1.16. The molecule has 2 aromatic carbocycles. The molecule has 0 saturated heterocycles. The number of carbonyl (C=O) groups is 1. The Morgan fingerprint density at radius 2 is 1.76 bits per heavy atom. The van der Waals surface area contributed by atoms with Crippen molar-refractivity contribution in [1.29, 1.82) is 0 Å². The maximum atomic E-state index is 13.7. The molecule has 2 aliphatic rings. The highest BCUT2D eigenvalue weighted by Crippen LogP contribution is 2.46. The van der Waals surface area contributed by atoms with Crippen LogP contribution >= 0.6 is 0 Å². The summed E-state index contributed by atoms with van der Waals surface area (Å²) in [6.45, 7) is 0. The van der Waals surface area contributed by atoms with Gasteiger partial charge in [0.2, 0.25) is 0 Å². The largest absolute Gasteiger partial charge is 0.448 e. The third-order valence-electron chi connectivity index (χ3n) is 4.61. The highest BCUT2D eigenvalue weighted by molar-refractivity contribution is 6.04. The summed E-state index contributed by atoms with van der Waals surface area (Å²) in [5.74, 6) is -2.35. The maximum Gasteiger partial charge on any atom is 0.258 e. The highest BCUT2D eigenvalue weighted by atomic mass is 19.2. The average molecular weight is 345 g/mol. The maximum absolute atomic E-state index is 13.7. The molecule has 0 radical (unpaired) electrons. The van der Waals surface area contributed by atoms with Gasteiger partial charge in [-0.3, -0.25) is 4.79 Å². The van der Waals surface area contributed by atoms with Gasteiger partial charge in [0.25, 0.3) is 11.7 Å². The zero-order chi connectivity index (χ0) is 17.4. The molecule has 6 heteroatoms. The first-order valence-electron chi connectivity index (χ1n) is 8.34. The molecule has 1 amide bonds. The van der Waals surface area contributed by atoms with Crippen LogP contribution in [0.2, 0.25) is 0 Å². The van der Waals surface area contributed by atoms with Crippen molar-refractivity contribution in [2.24, 2.45) is 0 Å². The van der Waals surface area contributed by atoms with Crippen molar-refractivity contribution in [2.75, 3.05) is 5.32 Å². The zero-order valence-electron chi connectivity index (χ0n) is 13.5. The summed E-state index contributed by atoms with van der Waals surface area (Å²) in [6.07, 6.45) is 4.94. The Morgan fingerprint density at radius 3 is 2.56 bits per heavy atom. The van der Waals surface area contributed by atoms with Crippen molar-refractivity contribution in [3.63, 3.8) is 0 Å². The Bertz CT molecular complexity index is 831. The number of benzene rings is 2. The molecule has 1 aliphatic heterocycles. The molecule has 1 saturated carbocycles. The molecule has 1 fully saturated rings. The standard InChI is InChI=1S/C19H17F2NO3/c20-14-6-4-5-13(17(14)21)18(23)22-12-7-8-15-16(11-12)25-19(24-15)9-2-1-3-10-19/h4-8,11H,1-3,9-10H2,(H,22,23). The van der Waals surface area contributed by atoms with Gasteiger partial charge in [0.1, 0.15) is 0 Å². The van der Waals surface area contributed by atoms with E-state index in [0.717, 1.165) is 31.7 Å². The summed E-state index contributed by atoms with van der Waals surface area (Å²) in [5.41, 5.74) is 0.0882. The monoisotopic (exact) mass is 345 g/mol. The Balaban J connectivity index is 1.53. The number of carbonyl (C=O) groups excluding carboxylic acids is 1. The number of hydrogen-bond donors (Lipinski definition) is 1. The van der Waals surface area contributed by atoms with Crippen molar-refractivity contribution in [2.45, 2.75) is 37.9 Å². The lowest BCUT2D eigenvalue weighted by atomic mass is 9.94. The van der Waals surface area contributed by atoms with Crippen molar-refractivity contribution in [1.82, 2.24) is 0 Å². The Hall–Kier alpha value is -2.63. The first kappa shape index (κ1) is 15.9. The predicted molar refractivity (Wildman–Crippen MR) is 87.8 cm³/mol. The van der Waals surface area contributed by atoms with Crippen molar-refractivity contribution in [3.05, 3.63) is 53.6 Å². The predicted octanol–water partition coefficient (Wildman–Crippen LogP) is 4.65. The SMILES string of the molecule is O=C(Nc1ccc2c(c1)OC1(CCCCC1)O2)c1cccc(F)c1F. The van der Waals surface area contributed by atoms with E-state index in [2.05, 4.69) is 5.32 Å². The number of amides is 1. The smallest absolute Gasteiger partial charge is 0.258 e. The molecule has 0 aromatic heterocycles. The molecule has 4 nitrogen and oxygen atoms in total. The van der Waals surface area contributed by atoms with Gasteiger partial charge in [-0.05, 0) is 37.1 Å². The van der Waals surface area contributed by atoms with E-state index in [1.54, 1.807) is 18.2 Å². The van der Waals surface area contributed by atoms with E-state index in [9.17, 15) is 13.6 Å². The number of nitrogens with one attached hydrogen (secondary N) is 1. The van der Waals surface area contributed by atoms with Crippen LogP contribution in [0.4, 0.5) is 14.5 Å². The highest BCUT2D eigenvalue weighted by Gasteiger charge is 2.42. The zero-order valence-corrected chi connectivity index (χ0v) is 13.5. The number of halogens is 2. The average Bonchev–Trinajstić information content (AvgIpc) is 2.94. The molecule has 4 rings (SSSR count). The van der Waals surface area contributed by atoms with Gasteiger partial charge >= 0.3 is 0 Å². The van der Waals surface area contributed by atoms with Crippen LogP contribution in [0.1, 0.15) is 42.5 Å². The fourth-order valence-corrected chi connectivity index (χ4v) is 3.34. The second-order valence-electron chi connectivity index (χ2n) is 6.39. The van der Waals surface area contributed by atoms with Gasteiger partial charge in [0.05, 0.1) is 5.56 Å². The quantitative estimate of drug-likeness (QED) is 0.862. The molecule has 1 N–H and O–H groups in total. The van der Waals surface area contributed by atoms with Crippen LogP contribution in [0.5, 0.6) is 11.5 Å². The summed E-state index contributed by atoms with van der Waals surface area (Å²) in [4.78, 5) is 12.2. The minimum Gasteiger partial charge on any atom is -0.448 e. The molecule has 0 bridgehead atoms.